The van der Waals surface area contributed by atoms with Crippen LogP contribution in [0.3, 0.4) is 0 Å². The van der Waals surface area contributed by atoms with E-state index in [1.54, 1.807) is 25.1 Å². The average molecular weight is 301 g/mol. The molecule has 0 saturated carbocycles. The van der Waals surface area contributed by atoms with Crippen LogP contribution in [0.2, 0.25) is 10.0 Å². The van der Waals surface area contributed by atoms with E-state index in [0.29, 0.717) is 21.4 Å². The highest BCUT2D eigenvalue weighted by Gasteiger charge is 2.19. The summed E-state index contributed by atoms with van der Waals surface area (Å²) in [5.41, 5.74) is 0.566. The molecular formula is C11H10Cl2N4O2. The number of nitrogens with zero attached hydrogens (tertiary/aromatic N) is 4. The lowest BCUT2D eigenvalue weighted by atomic mass is 10.2. The SMILES string of the molecule is CC(CC(=O)O)n1nnnc1-c1cc(Cl)ccc1Cl. The molecule has 0 aliphatic rings. The number of aromatic nitrogens is 4. The van der Waals surface area contributed by atoms with Crippen molar-refractivity contribution in [3.63, 3.8) is 0 Å². The number of halogens is 2. The van der Waals surface area contributed by atoms with E-state index in [0.717, 1.165) is 0 Å². The number of benzene rings is 1. The Balaban J connectivity index is 2.44. The summed E-state index contributed by atoms with van der Waals surface area (Å²) in [6, 6.07) is 4.54. The van der Waals surface area contributed by atoms with Gasteiger partial charge in [-0.05, 0) is 35.5 Å². The van der Waals surface area contributed by atoms with Gasteiger partial charge in [-0.3, -0.25) is 4.79 Å². The van der Waals surface area contributed by atoms with Gasteiger partial charge >= 0.3 is 5.97 Å². The van der Waals surface area contributed by atoms with Crippen molar-refractivity contribution >= 4 is 29.2 Å². The quantitative estimate of drug-likeness (QED) is 0.939. The first-order valence-corrected chi connectivity index (χ1v) is 6.19. The molecule has 1 N–H and O–H groups in total. The zero-order chi connectivity index (χ0) is 14.0. The van der Waals surface area contributed by atoms with Gasteiger partial charge in [-0.2, -0.15) is 0 Å². The zero-order valence-corrected chi connectivity index (χ0v) is 11.4. The van der Waals surface area contributed by atoms with Gasteiger partial charge in [-0.25, -0.2) is 4.68 Å². The molecule has 2 aromatic rings. The number of carboxylic acids is 1. The Hall–Kier alpha value is -1.66. The maximum atomic E-state index is 10.7. The van der Waals surface area contributed by atoms with Crippen molar-refractivity contribution in [3.8, 4) is 11.4 Å². The van der Waals surface area contributed by atoms with Gasteiger partial charge in [0.1, 0.15) is 0 Å². The molecule has 1 heterocycles. The lowest BCUT2D eigenvalue weighted by Gasteiger charge is -2.11. The van der Waals surface area contributed by atoms with E-state index in [1.165, 1.54) is 4.68 Å². The minimum atomic E-state index is -0.925. The summed E-state index contributed by atoms with van der Waals surface area (Å²) in [7, 11) is 0. The van der Waals surface area contributed by atoms with Crippen molar-refractivity contribution in [1.82, 2.24) is 20.2 Å². The summed E-state index contributed by atoms with van der Waals surface area (Å²) >= 11 is 12.0. The van der Waals surface area contributed by atoms with Crippen LogP contribution in [0.25, 0.3) is 11.4 Å². The van der Waals surface area contributed by atoms with Crippen LogP contribution in [0.1, 0.15) is 19.4 Å². The lowest BCUT2D eigenvalue weighted by molar-refractivity contribution is -0.137. The second-order valence-electron chi connectivity index (χ2n) is 4.02. The predicted octanol–water partition coefficient (Wildman–Crippen LogP) is 2.68. The molecule has 0 aliphatic carbocycles. The summed E-state index contributed by atoms with van der Waals surface area (Å²) in [5, 5.41) is 21.0. The van der Waals surface area contributed by atoms with E-state index >= 15 is 0 Å². The van der Waals surface area contributed by atoms with Crippen LogP contribution in [0.5, 0.6) is 0 Å². The third-order valence-electron chi connectivity index (χ3n) is 2.55. The first-order chi connectivity index (χ1) is 8.99. The standard InChI is InChI=1S/C11H10Cl2N4O2/c1-6(4-10(18)19)17-11(14-15-16-17)8-5-7(12)2-3-9(8)13/h2-3,5-6H,4H2,1H3,(H,18,19). The van der Waals surface area contributed by atoms with Crippen molar-refractivity contribution in [2.75, 3.05) is 0 Å². The molecular weight excluding hydrogens is 291 g/mol. The highest BCUT2D eigenvalue weighted by atomic mass is 35.5. The number of hydrogen-bond acceptors (Lipinski definition) is 4. The number of hydrogen-bond donors (Lipinski definition) is 1. The van der Waals surface area contributed by atoms with Crippen molar-refractivity contribution in [2.45, 2.75) is 19.4 Å². The van der Waals surface area contributed by atoms with Crippen LogP contribution < -0.4 is 0 Å². The first-order valence-electron chi connectivity index (χ1n) is 5.44. The Morgan fingerprint density at radius 1 is 1.47 bits per heavy atom. The molecule has 1 aromatic heterocycles. The summed E-state index contributed by atoms with van der Waals surface area (Å²) in [6.07, 6.45) is -0.0871. The Morgan fingerprint density at radius 2 is 2.21 bits per heavy atom. The highest BCUT2D eigenvalue weighted by molar-refractivity contribution is 6.35. The second kappa shape index (κ2) is 5.54. The molecule has 0 spiro atoms. The summed E-state index contributed by atoms with van der Waals surface area (Å²) < 4.78 is 1.42. The zero-order valence-electron chi connectivity index (χ0n) is 9.92. The van der Waals surface area contributed by atoms with Gasteiger partial charge in [-0.15, -0.1) is 5.10 Å². The van der Waals surface area contributed by atoms with Gasteiger partial charge in [0.05, 0.1) is 17.5 Å². The Morgan fingerprint density at radius 3 is 2.89 bits per heavy atom. The number of rotatable bonds is 4. The Labute approximate surface area is 118 Å². The molecule has 19 heavy (non-hydrogen) atoms. The molecule has 6 nitrogen and oxygen atoms in total. The average Bonchev–Trinajstić information content (AvgIpc) is 2.80. The van der Waals surface area contributed by atoms with Crippen LogP contribution in [0.15, 0.2) is 18.2 Å². The van der Waals surface area contributed by atoms with Gasteiger partial charge in [-0.1, -0.05) is 23.2 Å². The van der Waals surface area contributed by atoms with Crippen molar-refractivity contribution < 1.29 is 9.90 Å². The van der Waals surface area contributed by atoms with Crippen molar-refractivity contribution in [2.24, 2.45) is 0 Å². The third-order valence-corrected chi connectivity index (χ3v) is 3.11. The van der Waals surface area contributed by atoms with Gasteiger partial charge in [0, 0.05) is 10.6 Å². The Bertz CT molecular complexity index is 614. The van der Waals surface area contributed by atoms with Crippen LogP contribution in [0.4, 0.5) is 0 Å². The van der Waals surface area contributed by atoms with E-state index in [9.17, 15) is 4.79 Å². The third kappa shape index (κ3) is 3.02. The molecule has 100 valence electrons. The smallest absolute Gasteiger partial charge is 0.305 e. The maximum absolute atomic E-state index is 10.7. The van der Waals surface area contributed by atoms with Crippen molar-refractivity contribution in [1.29, 1.82) is 0 Å². The fraction of sp³-hybridized carbons (Fsp3) is 0.273. The second-order valence-corrected chi connectivity index (χ2v) is 4.86. The number of tetrazole rings is 1. The first kappa shape index (κ1) is 13.8. The molecule has 0 bridgehead atoms. The van der Waals surface area contributed by atoms with E-state index in [4.69, 9.17) is 28.3 Å². The van der Waals surface area contributed by atoms with Gasteiger partial charge in [0.15, 0.2) is 5.82 Å². The van der Waals surface area contributed by atoms with Crippen LogP contribution >= 0.6 is 23.2 Å². The normalized spacial score (nSPS) is 12.4. The summed E-state index contributed by atoms with van der Waals surface area (Å²) in [6.45, 7) is 1.71. The van der Waals surface area contributed by atoms with Gasteiger partial charge in [0.25, 0.3) is 0 Å². The van der Waals surface area contributed by atoms with E-state index in [1.807, 2.05) is 0 Å². The minimum Gasteiger partial charge on any atom is -0.481 e. The summed E-state index contributed by atoms with van der Waals surface area (Å²) in [5.74, 6) is -0.535. The van der Waals surface area contributed by atoms with E-state index in [-0.39, 0.29) is 6.42 Å². The molecule has 8 heteroatoms. The maximum Gasteiger partial charge on any atom is 0.305 e. The van der Waals surface area contributed by atoms with Gasteiger partial charge in [0.2, 0.25) is 0 Å². The number of carbonyl (C=O) groups is 1. The van der Waals surface area contributed by atoms with Crippen LogP contribution in [0, 0.1) is 0 Å². The molecule has 0 saturated heterocycles. The van der Waals surface area contributed by atoms with E-state index in [2.05, 4.69) is 15.5 Å². The molecule has 1 aromatic carbocycles. The lowest BCUT2D eigenvalue weighted by Crippen LogP contribution is -2.13. The minimum absolute atomic E-state index is 0.0871. The monoisotopic (exact) mass is 300 g/mol. The topological polar surface area (TPSA) is 80.9 Å². The Kier molecular flexibility index (Phi) is 4.01. The van der Waals surface area contributed by atoms with Crippen LogP contribution in [-0.2, 0) is 4.79 Å². The fourth-order valence-corrected chi connectivity index (χ4v) is 2.05. The molecule has 0 amide bonds. The molecule has 0 fully saturated rings. The van der Waals surface area contributed by atoms with Crippen molar-refractivity contribution in [3.05, 3.63) is 28.2 Å². The summed E-state index contributed by atoms with van der Waals surface area (Å²) in [4.78, 5) is 10.7. The van der Waals surface area contributed by atoms with Crippen LogP contribution in [-0.4, -0.2) is 31.3 Å². The predicted molar refractivity (Wildman–Crippen MR) is 70.2 cm³/mol. The number of carboxylic acid groups (broad SMARTS) is 1. The van der Waals surface area contributed by atoms with Gasteiger partial charge < -0.3 is 5.11 Å². The molecule has 2 rings (SSSR count). The molecule has 1 atom stereocenters. The molecule has 0 aliphatic heterocycles. The highest BCUT2D eigenvalue weighted by Crippen LogP contribution is 2.30. The molecule has 1 unspecified atom stereocenters. The molecule has 0 radical (unpaired) electrons. The number of aliphatic carboxylic acids is 1. The largest absolute Gasteiger partial charge is 0.481 e. The van der Waals surface area contributed by atoms with E-state index < -0.39 is 12.0 Å². The fourth-order valence-electron chi connectivity index (χ4n) is 1.68.